The number of anilines is 1. The van der Waals surface area contributed by atoms with Gasteiger partial charge in [-0.3, -0.25) is 9.97 Å². The highest BCUT2D eigenvalue weighted by molar-refractivity contribution is 5.86. The van der Waals surface area contributed by atoms with Crippen molar-refractivity contribution in [1.82, 2.24) is 24.5 Å². The molecule has 4 aromatic rings. The van der Waals surface area contributed by atoms with Crippen LogP contribution in [0.4, 0.5) is 5.82 Å². The Bertz CT molecular complexity index is 1110. The lowest BCUT2D eigenvalue weighted by molar-refractivity contribution is -0.0156. The van der Waals surface area contributed by atoms with Gasteiger partial charge in [0.1, 0.15) is 36.4 Å². The van der Waals surface area contributed by atoms with Gasteiger partial charge in [0.2, 0.25) is 0 Å². The molecule has 1 aliphatic heterocycles. The lowest BCUT2D eigenvalue weighted by atomic mass is 10.2. The lowest BCUT2D eigenvalue weighted by Gasteiger charge is -2.16. The van der Waals surface area contributed by atoms with Crippen LogP contribution >= 0.6 is 0 Å². The summed E-state index contributed by atoms with van der Waals surface area (Å²) in [5.41, 5.74) is 8.37. The van der Waals surface area contributed by atoms with Gasteiger partial charge in [0.25, 0.3) is 0 Å². The highest BCUT2D eigenvalue weighted by Gasteiger charge is 2.28. The Labute approximate surface area is 155 Å². The molecule has 1 fully saturated rings. The third kappa shape index (κ3) is 2.93. The number of ether oxygens (including phenoxy) is 2. The van der Waals surface area contributed by atoms with E-state index in [0.29, 0.717) is 18.2 Å². The quantitative estimate of drug-likeness (QED) is 0.595. The number of nitrogen functional groups attached to an aromatic ring is 1. The minimum Gasteiger partial charge on any atom is -0.489 e. The van der Waals surface area contributed by atoms with Crippen LogP contribution in [0.3, 0.4) is 0 Å². The first-order chi connectivity index (χ1) is 13.3. The average Bonchev–Trinajstić information content (AvgIpc) is 3.33. The Morgan fingerprint density at radius 2 is 2.11 bits per heavy atom. The maximum Gasteiger partial charge on any atom is 0.147 e. The summed E-state index contributed by atoms with van der Waals surface area (Å²) in [6, 6.07) is 7.61. The second-order valence-corrected chi connectivity index (χ2v) is 6.53. The molecule has 2 atom stereocenters. The number of aromatic nitrogens is 5. The first kappa shape index (κ1) is 16.0. The molecular weight excluding hydrogens is 344 g/mol. The highest BCUT2D eigenvalue weighted by Crippen LogP contribution is 2.32. The van der Waals surface area contributed by atoms with E-state index in [-0.39, 0.29) is 12.3 Å². The molecule has 0 aliphatic carbocycles. The molecule has 5 rings (SSSR count). The Morgan fingerprint density at radius 3 is 3.07 bits per heavy atom. The molecule has 8 nitrogen and oxygen atoms in total. The molecule has 0 saturated carbocycles. The molecule has 0 amide bonds. The zero-order valence-electron chi connectivity index (χ0n) is 14.5. The van der Waals surface area contributed by atoms with E-state index in [1.165, 1.54) is 6.33 Å². The van der Waals surface area contributed by atoms with Gasteiger partial charge in [-0.15, -0.1) is 0 Å². The Hall–Kier alpha value is -3.26. The Kier molecular flexibility index (Phi) is 3.83. The molecule has 4 aromatic heterocycles. The van der Waals surface area contributed by atoms with Crippen molar-refractivity contribution in [3.63, 3.8) is 0 Å². The lowest BCUT2D eigenvalue weighted by Crippen LogP contribution is -2.18. The van der Waals surface area contributed by atoms with Gasteiger partial charge in [-0.2, -0.15) is 0 Å². The number of fused-ring (bicyclic) bond motifs is 2. The van der Waals surface area contributed by atoms with Crippen molar-refractivity contribution in [2.24, 2.45) is 0 Å². The fourth-order valence-electron chi connectivity index (χ4n) is 3.44. The van der Waals surface area contributed by atoms with Crippen LogP contribution < -0.4 is 10.5 Å². The molecule has 0 unspecified atom stereocenters. The molecule has 1 saturated heterocycles. The molecule has 5 heterocycles. The van der Waals surface area contributed by atoms with Crippen molar-refractivity contribution in [2.45, 2.75) is 25.2 Å². The first-order valence-electron chi connectivity index (χ1n) is 8.84. The number of nitrogens with two attached hydrogens (primary N) is 1. The number of pyridine rings is 2. The molecule has 0 bridgehead atoms. The summed E-state index contributed by atoms with van der Waals surface area (Å²) < 4.78 is 14.1. The van der Waals surface area contributed by atoms with E-state index in [0.717, 1.165) is 34.9 Å². The minimum absolute atomic E-state index is 0.00561. The van der Waals surface area contributed by atoms with Crippen molar-refractivity contribution in [1.29, 1.82) is 0 Å². The van der Waals surface area contributed by atoms with Crippen molar-refractivity contribution in [2.75, 3.05) is 12.3 Å². The second kappa shape index (κ2) is 6.48. The van der Waals surface area contributed by atoms with Crippen LogP contribution in [0.2, 0.25) is 0 Å². The van der Waals surface area contributed by atoms with Gasteiger partial charge in [0.15, 0.2) is 0 Å². The SMILES string of the molecule is Nc1ncnc2c1ccn2[C@H]1CC[C@@H](COc2cnc3cccnc3c2)O1. The van der Waals surface area contributed by atoms with E-state index in [4.69, 9.17) is 15.2 Å². The summed E-state index contributed by atoms with van der Waals surface area (Å²) in [7, 11) is 0. The van der Waals surface area contributed by atoms with Gasteiger partial charge in [0, 0.05) is 18.5 Å². The third-order valence-corrected chi connectivity index (χ3v) is 4.80. The monoisotopic (exact) mass is 362 g/mol. The fourth-order valence-corrected chi connectivity index (χ4v) is 3.44. The smallest absolute Gasteiger partial charge is 0.147 e. The van der Waals surface area contributed by atoms with Crippen LogP contribution in [0.1, 0.15) is 19.1 Å². The van der Waals surface area contributed by atoms with E-state index in [9.17, 15) is 0 Å². The summed E-state index contributed by atoms with van der Waals surface area (Å²) in [6.45, 7) is 0.465. The zero-order chi connectivity index (χ0) is 18.2. The number of hydrogen-bond donors (Lipinski definition) is 1. The normalized spacial score (nSPS) is 19.7. The van der Waals surface area contributed by atoms with Gasteiger partial charge in [-0.05, 0) is 31.0 Å². The minimum atomic E-state index is -0.0817. The number of hydrogen-bond acceptors (Lipinski definition) is 7. The van der Waals surface area contributed by atoms with E-state index >= 15 is 0 Å². The van der Waals surface area contributed by atoms with Gasteiger partial charge >= 0.3 is 0 Å². The maximum absolute atomic E-state index is 6.16. The van der Waals surface area contributed by atoms with Crippen LogP contribution in [-0.4, -0.2) is 37.2 Å². The molecule has 27 heavy (non-hydrogen) atoms. The van der Waals surface area contributed by atoms with E-state index < -0.39 is 0 Å². The van der Waals surface area contributed by atoms with Gasteiger partial charge in [-0.1, -0.05) is 0 Å². The average molecular weight is 362 g/mol. The zero-order valence-corrected chi connectivity index (χ0v) is 14.5. The molecule has 1 aliphatic rings. The largest absolute Gasteiger partial charge is 0.489 e. The first-order valence-corrected chi connectivity index (χ1v) is 8.84. The van der Waals surface area contributed by atoms with Crippen LogP contribution in [0.15, 0.2) is 49.2 Å². The topological polar surface area (TPSA) is 101 Å². The van der Waals surface area contributed by atoms with E-state index in [1.807, 2.05) is 35.0 Å². The summed E-state index contributed by atoms with van der Waals surface area (Å²) in [5.74, 6) is 1.18. The number of rotatable bonds is 4. The van der Waals surface area contributed by atoms with Gasteiger partial charge < -0.3 is 19.8 Å². The molecule has 0 aromatic carbocycles. The second-order valence-electron chi connectivity index (χ2n) is 6.53. The Balaban J connectivity index is 1.27. The fraction of sp³-hybridized carbons (Fsp3) is 0.263. The molecule has 0 spiro atoms. The predicted molar refractivity (Wildman–Crippen MR) is 100 cm³/mol. The van der Waals surface area contributed by atoms with Crippen molar-refractivity contribution >= 4 is 27.9 Å². The molecule has 8 heteroatoms. The summed E-state index contributed by atoms with van der Waals surface area (Å²) in [6.07, 6.45) is 8.61. The molecule has 136 valence electrons. The van der Waals surface area contributed by atoms with E-state index in [1.54, 1.807) is 12.4 Å². The summed E-state index contributed by atoms with van der Waals surface area (Å²) in [4.78, 5) is 17.0. The standard InChI is InChI=1S/C19H18N6O2/c20-18-14-5-7-25(19(14)24-11-23-18)17-4-3-12(27-17)10-26-13-8-16-15(22-9-13)2-1-6-21-16/h1-2,5-9,11-12,17H,3-4,10H2,(H2,20,23,24)/t12-,17+/m0/s1. The molecule has 0 radical (unpaired) electrons. The van der Waals surface area contributed by atoms with Crippen LogP contribution in [-0.2, 0) is 4.74 Å². The molecular formula is C19H18N6O2. The molecule has 2 N–H and O–H groups in total. The van der Waals surface area contributed by atoms with Crippen LogP contribution in [0.25, 0.3) is 22.1 Å². The summed E-state index contributed by atoms with van der Waals surface area (Å²) >= 11 is 0. The maximum atomic E-state index is 6.16. The summed E-state index contributed by atoms with van der Waals surface area (Å²) in [5, 5.41) is 0.843. The van der Waals surface area contributed by atoms with Gasteiger partial charge in [-0.25, -0.2) is 9.97 Å². The van der Waals surface area contributed by atoms with Crippen molar-refractivity contribution in [3.8, 4) is 5.75 Å². The Morgan fingerprint density at radius 1 is 1.15 bits per heavy atom. The van der Waals surface area contributed by atoms with Crippen LogP contribution in [0, 0.1) is 0 Å². The van der Waals surface area contributed by atoms with Crippen molar-refractivity contribution in [3.05, 3.63) is 49.2 Å². The van der Waals surface area contributed by atoms with E-state index in [2.05, 4.69) is 19.9 Å². The van der Waals surface area contributed by atoms with Crippen LogP contribution in [0.5, 0.6) is 5.75 Å². The van der Waals surface area contributed by atoms with Gasteiger partial charge in [0.05, 0.1) is 28.7 Å². The third-order valence-electron chi connectivity index (χ3n) is 4.80. The number of nitrogens with zero attached hydrogens (tertiary/aromatic N) is 5. The predicted octanol–water partition coefficient (Wildman–Crippen LogP) is 2.71. The highest BCUT2D eigenvalue weighted by atomic mass is 16.6. The van der Waals surface area contributed by atoms with Crippen molar-refractivity contribution < 1.29 is 9.47 Å².